The van der Waals surface area contributed by atoms with Crippen LogP contribution < -0.4 is 15.4 Å². The molecule has 1 amide bonds. The van der Waals surface area contributed by atoms with Crippen molar-refractivity contribution < 1.29 is 13.9 Å². The maximum atomic E-state index is 13.4. The van der Waals surface area contributed by atoms with Gasteiger partial charge in [-0.1, -0.05) is 30.3 Å². The van der Waals surface area contributed by atoms with Crippen molar-refractivity contribution in [2.24, 2.45) is 0 Å². The second-order valence-corrected chi connectivity index (χ2v) is 7.16. The summed E-state index contributed by atoms with van der Waals surface area (Å²) < 4.78 is 20.4. The molecule has 0 aliphatic heterocycles. The van der Waals surface area contributed by atoms with Crippen LogP contribution >= 0.6 is 0 Å². The van der Waals surface area contributed by atoms with E-state index >= 15 is 0 Å². The summed E-state index contributed by atoms with van der Waals surface area (Å²) in [5.74, 6) is 0.537. The van der Waals surface area contributed by atoms with Gasteiger partial charge in [0.15, 0.2) is 0 Å². The van der Waals surface area contributed by atoms with Crippen molar-refractivity contribution in [2.45, 2.75) is 6.54 Å². The van der Waals surface area contributed by atoms with E-state index in [1.165, 1.54) is 12.1 Å². The van der Waals surface area contributed by atoms with Crippen LogP contribution in [0.4, 0.5) is 10.3 Å². The number of ether oxygens (including phenoxy) is 1. The fourth-order valence-electron chi connectivity index (χ4n) is 3.25. The lowest BCUT2D eigenvalue weighted by molar-refractivity contribution is -0.115. The summed E-state index contributed by atoms with van der Waals surface area (Å²) in [6, 6.07) is 23.3. The van der Waals surface area contributed by atoms with Crippen LogP contribution in [0, 0.1) is 5.82 Å². The highest BCUT2D eigenvalue weighted by Gasteiger charge is 2.14. The first-order valence-corrected chi connectivity index (χ1v) is 10.2. The normalized spacial score (nSPS) is 10.7. The van der Waals surface area contributed by atoms with Gasteiger partial charge in [-0.2, -0.15) is 0 Å². The van der Waals surface area contributed by atoms with Crippen molar-refractivity contribution in [3.63, 3.8) is 0 Å². The molecule has 0 radical (unpaired) electrons. The molecule has 0 aliphatic carbocycles. The minimum atomic E-state index is -0.333. The summed E-state index contributed by atoms with van der Waals surface area (Å²) in [4.78, 5) is 17.2. The van der Waals surface area contributed by atoms with Gasteiger partial charge in [-0.15, -0.1) is 0 Å². The standard InChI is InChI=1S/C25H23FN4O2/c1-32-22-13-7-19(8-14-22)23-17-30(21-11-9-20(26)10-12-21)25(28-23)29-24(31)16-27-15-18-5-3-2-4-6-18/h2-14,17,27H,15-16H2,1H3,(H,28,29,31). The molecule has 1 heterocycles. The Morgan fingerprint density at radius 1 is 1.00 bits per heavy atom. The molecule has 0 spiro atoms. The Hall–Kier alpha value is -3.97. The molecule has 0 unspecified atom stereocenters. The van der Waals surface area contributed by atoms with Crippen LogP contribution in [0.2, 0.25) is 0 Å². The number of nitrogens with zero attached hydrogens (tertiary/aromatic N) is 2. The van der Waals surface area contributed by atoms with E-state index in [4.69, 9.17) is 4.74 Å². The van der Waals surface area contributed by atoms with E-state index < -0.39 is 0 Å². The average molecular weight is 430 g/mol. The molecule has 4 rings (SSSR count). The molecule has 1 aromatic heterocycles. The van der Waals surface area contributed by atoms with E-state index in [2.05, 4.69) is 15.6 Å². The molecule has 162 valence electrons. The van der Waals surface area contributed by atoms with E-state index in [-0.39, 0.29) is 18.3 Å². The number of halogens is 1. The van der Waals surface area contributed by atoms with E-state index in [9.17, 15) is 9.18 Å². The number of carbonyl (C=O) groups excluding carboxylic acids is 1. The minimum Gasteiger partial charge on any atom is -0.497 e. The number of carbonyl (C=O) groups is 1. The van der Waals surface area contributed by atoms with E-state index in [1.807, 2.05) is 60.8 Å². The fourth-order valence-corrected chi connectivity index (χ4v) is 3.25. The third kappa shape index (κ3) is 5.19. The molecule has 6 nitrogen and oxygen atoms in total. The van der Waals surface area contributed by atoms with Crippen molar-refractivity contribution in [2.75, 3.05) is 19.0 Å². The molecular formula is C25H23FN4O2. The first kappa shape index (κ1) is 21.3. The number of nitrogens with one attached hydrogen (secondary N) is 2. The van der Waals surface area contributed by atoms with Crippen LogP contribution in [0.15, 0.2) is 85.1 Å². The Kier molecular flexibility index (Phi) is 6.57. The lowest BCUT2D eigenvalue weighted by Crippen LogP contribution is -2.28. The summed E-state index contributed by atoms with van der Waals surface area (Å²) in [5, 5.41) is 5.98. The zero-order chi connectivity index (χ0) is 22.3. The van der Waals surface area contributed by atoms with Gasteiger partial charge in [0.2, 0.25) is 11.9 Å². The number of benzene rings is 3. The average Bonchev–Trinajstić information content (AvgIpc) is 3.24. The highest BCUT2D eigenvalue weighted by atomic mass is 19.1. The van der Waals surface area contributed by atoms with Crippen molar-refractivity contribution >= 4 is 11.9 Å². The number of rotatable bonds is 8. The quantitative estimate of drug-likeness (QED) is 0.434. The van der Waals surface area contributed by atoms with Gasteiger partial charge in [0, 0.05) is 24.0 Å². The smallest absolute Gasteiger partial charge is 0.240 e. The molecule has 3 aromatic carbocycles. The lowest BCUT2D eigenvalue weighted by Gasteiger charge is -2.09. The zero-order valence-corrected chi connectivity index (χ0v) is 17.6. The lowest BCUT2D eigenvalue weighted by atomic mass is 10.1. The van der Waals surface area contributed by atoms with Crippen LogP contribution in [0.1, 0.15) is 5.56 Å². The van der Waals surface area contributed by atoms with Crippen molar-refractivity contribution in [1.82, 2.24) is 14.9 Å². The molecule has 0 bridgehead atoms. The van der Waals surface area contributed by atoms with E-state index in [0.29, 0.717) is 23.9 Å². The Morgan fingerprint density at radius 3 is 2.41 bits per heavy atom. The largest absolute Gasteiger partial charge is 0.497 e. The Morgan fingerprint density at radius 2 is 1.72 bits per heavy atom. The summed E-state index contributed by atoms with van der Waals surface area (Å²) >= 11 is 0. The molecular weight excluding hydrogens is 407 g/mol. The highest BCUT2D eigenvalue weighted by Crippen LogP contribution is 2.26. The monoisotopic (exact) mass is 430 g/mol. The third-order valence-electron chi connectivity index (χ3n) is 4.91. The number of methoxy groups -OCH3 is 1. The van der Waals surface area contributed by atoms with Crippen LogP contribution in [0.25, 0.3) is 16.9 Å². The second-order valence-electron chi connectivity index (χ2n) is 7.16. The van der Waals surface area contributed by atoms with Crippen molar-refractivity contribution in [3.8, 4) is 22.7 Å². The minimum absolute atomic E-state index is 0.128. The van der Waals surface area contributed by atoms with E-state index in [0.717, 1.165) is 16.9 Å². The van der Waals surface area contributed by atoms with Gasteiger partial charge >= 0.3 is 0 Å². The van der Waals surface area contributed by atoms with Crippen LogP contribution in [0.5, 0.6) is 5.75 Å². The molecule has 7 heteroatoms. The molecule has 0 fully saturated rings. The summed E-state index contributed by atoms with van der Waals surface area (Å²) in [7, 11) is 1.61. The number of aromatic nitrogens is 2. The van der Waals surface area contributed by atoms with Gasteiger partial charge in [-0.3, -0.25) is 14.7 Å². The van der Waals surface area contributed by atoms with Crippen LogP contribution in [0.3, 0.4) is 0 Å². The number of anilines is 1. The highest BCUT2D eigenvalue weighted by molar-refractivity contribution is 5.91. The van der Waals surface area contributed by atoms with Gasteiger partial charge in [0.05, 0.1) is 19.3 Å². The molecule has 4 aromatic rings. The van der Waals surface area contributed by atoms with Gasteiger partial charge < -0.3 is 10.1 Å². The summed E-state index contributed by atoms with van der Waals surface area (Å²) in [6.45, 7) is 0.709. The Bertz CT molecular complexity index is 1170. The fraction of sp³-hybridized carbons (Fsp3) is 0.120. The van der Waals surface area contributed by atoms with Gasteiger partial charge in [0.1, 0.15) is 11.6 Å². The third-order valence-corrected chi connectivity index (χ3v) is 4.91. The number of amides is 1. The van der Waals surface area contributed by atoms with Gasteiger partial charge in [0.25, 0.3) is 0 Å². The zero-order valence-electron chi connectivity index (χ0n) is 17.6. The number of hydrogen-bond donors (Lipinski definition) is 2. The predicted molar refractivity (Wildman–Crippen MR) is 122 cm³/mol. The van der Waals surface area contributed by atoms with Crippen molar-refractivity contribution in [3.05, 3.63) is 96.4 Å². The van der Waals surface area contributed by atoms with Crippen LogP contribution in [-0.2, 0) is 11.3 Å². The SMILES string of the molecule is COc1ccc(-c2cn(-c3ccc(F)cc3)c(NC(=O)CNCc3ccccc3)n2)cc1. The van der Waals surface area contributed by atoms with E-state index in [1.54, 1.807) is 23.8 Å². The molecule has 32 heavy (non-hydrogen) atoms. The molecule has 0 atom stereocenters. The number of hydrogen-bond acceptors (Lipinski definition) is 4. The number of imidazole rings is 1. The van der Waals surface area contributed by atoms with Crippen LogP contribution in [-0.4, -0.2) is 29.1 Å². The Labute approximate surface area is 185 Å². The molecule has 2 N–H and O–H groups in total. The summed E-state index contributed by atoms with van der Waals surface area (Å²) in [5.41, 5.74) is 3.31. The predicted octanol–water partition coefficient (Wildman–Crippen LogP) is 4.42. The second kappa shape index (κ2) is 9.89. The maximum Gasteiger partial charge on any atom is 0.240 e. The summed E-state index contributed by atoms with van der Waals surface area (Å²) in [6.07, 6.45) is 1.81. The molecule has 0 aliphatic rings. The first-order chi connectivity index (χ1) is 15.6. The van der Waals surface area contributed by atoms with Gasteiger partial charge in [-0.05, 0) is 54.1 Å². The van der Waals surface area contributed by atoms with Crippen molar-refractivity contribution in [1.29, 1.82) is 0 Å². The first-order valence-electron chi connectivity index (χ1n) is 10.2. The molecule has 0 saturated heterocycles. The maximum absolute atomic E-state index is 13.4. The Balaban J connectivity index is 1.54. The topological polar surface area (TPSA) is 68.2 Å². The molecule has 0 saturated carbocycles. The van der Waals surface area contributed by atoms with Gasteiger partial charge in [-0.25, -0.2) is 9.37 Å².